The van der Waals surface area contributed by atoms with Gasteiger partial charge in [-0.2, -0.15) is 0 Å². The van der Waals surface area contributed by atoms with E-state index in [2.05, 4.69) is 11.9 Å². The Morgan fingerprint density at radius 3 is 2.71 bits per heavy atom. The summed E-state index contributed by atoms with van der Waals surface area (Å²) in [6.45, 7) is 0. The molecule has 3 nitrogen and oxygen atoms in total. The molecule has 5 heteroatoms. The van der Waals surface area contributed by atoms with Crippen LogP contribution in [0.3, 0.4) is 0 Å². The lowest BCUT2D eigenvalue weighted by Gasteiger charge is -2.41. The van der Waals surface area contributed by atoms with Crippen LogP contribution >= 0.6 is 23.2 Å². The Kier molecular flexibility index (Phi) is 4.17. The van der Waals surface area contributed by atoms with E-state index in [0.717, 1.165) is 24.8 Å². The molecule has 1 aromatic rings. The molecule has 3 rings (SSSR count). The van der Waals surface area contributed by atoms with Gasteiger partial charge in [-0.3, -0.25) is 9.69 Å². The Morgan fingerprint density at radius 1 is 1.29 bits per heavy atom. The number of nitrogens with zero attached hydrogens (tertiary/aromatic N) is 1. The Labute approximate surface area is 135 Å². The summed E-state index contributed by atoms with van der Waals surface area (Å²) < 4.78 is 5.07. The van der Waals surface area contributed by atoms with Crippen molar-refractivity contribution in [3.63, 3.8) is 0 Å². The Bertz CT molecular complexity index is 563. The van der Waals surface area contributed by atoms with Crippen LogP contribution in [0, 0.1) is 5.92 Å². The van der Waals surface area contributed by atoms with Crippen LogP contribution in [0.15, 0.2) is 18.2 Å². The molecule has 2 heterocycles. The number of carbonyl (C=O) groups excluding carboxylic acids is 1. The first kappa shape index (κ1) is 15.1. The van der Waals surface area contributed by atoms with E-state index < -0.39 is 0 Å². The van der Waals surface area contributed by atoms with Gasteiger partial charge in [-0.05, 0) is 44.0 Å². The van der Waals surface area contributed by atoms with Crippen LogP contribution in [0.1, 0.15) is 30.7 Å². The number of ether oxygens (including phenoxy) is 1. The zero-order chi connectivity index (χ0) is 15.1. The van der Waals surface area contributed by atoms with Gasteiger partial charge in [0.25, 0.3) is 0 Å². The van der Waals surface area contributed by atoms with Gasteiger partial charge in [-0.15, -0.1) is 0 Å². The fraction of sp³-hybridized carbons (Fsp3) is 0.562. The SMILES string of the molecule is COC(=O)C1C2CCC(C[C@@H]1c1ccc(Cl)c(Cl)c1)N2C. The molecule has 1 aromatic carbocycles. The molecule has 0 aromatic heterocycles. The largest absolute Gasteiger partial charge is 0.469 e. The third-order valence-corrected chi connectivity index (χ3v) is 5.85. The molecular formula is C16H19Cl2NO2. The van der Waals surface area contributed by atoms with Crippen LogP contribution < -0.4 is 0 Å². The third kappa shape index (κ3) is 2.56. The van der Waals surface area contributed by atoms with Crippen molar-refractivity contribution in [3.05, 3.63) is 33.8 Å². The van der Waals surface area contributed by atoms with E-state index in [1.54, 1.807) is 0 Å². The molecule has 4 atom stereocenters. The van der Waals surface area contributed by atoms with Crippen molar-refractivity contribution in [3.8, 4) is 0 Å². The molecule has 3 unspecified atom stereocenters. The fourth-order valence-corrected chi connectivity index (χ4v) is 4.32. The topological polar surface area (TPSA) is 29.5 Å². The number of piperidine rings is 1. The fourth-order valence-electron chi connectivity index (χ4n) is 4.01. The lowest BCUT2D eigenvalue weighted by molar-refractivity contribution is -0.150. The first-order valence-corrected chi connectivity index (χ1v) is 8.03. The number of fused-ring (bicyclic) bond motifs is 2. The van der Waals surface area contributed by atoms with E-state index in [4.69, 9.17) is 27.9 Å². The van der Waals surface area contributed by atoms with E-state index in [0.29, 0.717) is 16.1 Å². The van der Waals surface area contributed by atoms with Crippen LogP contribution in [0.2, 0.25) is 10.0 Å². The zero-order valence-corrected chi connectivity index (χ0v) is 13.7. The monoisotopic (exact) mass is 327 g/mol. The van der Waals surface area contributed by atoms with Gasteiger partial charge in [0.2, 0.25) is 0 Å². The Morgan fingerprint density at radius 2 is 2.05 bits per heavy atom. The van der Waals surface area contributed by atoms with Crippen molar-refractivity contribution in [1.82, 2.24) is 4.90 Å². The van der Waals surface area contributed by atoms with Crippen LogP contribution in [-0.4, -0.2) is 37.1 Å². The summed E-state index contributed by atoms with van der Waals surface area (Å²) in [7, 11) is 3.58. The highest BCUT2D eigenvalue weighted by Crippen LogP contribution is 2.47. The van der Waals surface area contributed by atoms with Crippen molar-refractivity contribution >= 4 is 29.2 Å². The van der Waals surface area contributed by atoms with Gasteiger partial charge in [-0.25, -0.2) is 0 Å². The number of halogens is 2. The number of carbonyl (C=O) groups is 1. The molecule has 0 aliphatic carbocycles. The van der Waals surface area contributed by atoms with E-state index in [-0.39, 0.29) is 23.8 Å². The van der Waals surface area contributed by atoms with Gasteiger partial charge in [0, 0.05) is 18.0 Å². The summed E-state index contributed by atoms with van der Waals surface area (Å²) >= 11 is 12.2. The molecule has 0 saturated carbocycles. The van der Waals surface area contributed by atoms with E-state index in [1.807, 2.05) is 18.2 Å². The van der Waals surface area contributed by atoms with Crippen molar-refractivity contribution < 1.29 is 9.53 Å². The first-order valence-electron chi connectivity index (χ1n) is 7.27. The molecule has 0 amide bonds. The normalized spacial score (nSPS) is 32.2. The Balaban J connectivity index is 1.98. The lowest BCUT2D eigenvalue weighted by Crippen LogP contribution is -2.49. The van der Waals surface area contributed by atoms with Gasteiger partial charge in [0.1, 0.15) is 0 Å². The molecule has 2 aliphatic heterocycles. The second-order valence-electron chi connectivity index (χ2n) is 6.03. The summed E-state index contributed by atoms with van der Waals surface area (Å²) in [5, 5.41) is 1.09. The summed E-state index contributed by atoms with van der Waals surface area (Å²) in [6.07, 6.45) is 3.16. The van der Waals surface area contributed by atoms with Crippen molar-refractivity contribution in [2.45, 2.75) is 37.3 Å². The number of hydrogen-bond donors (Lipinski definition) is 0. The maximum absolute atomic E-state index is 12.3. The standard InChI is InChI=1S/C16H19Cl2NO2/c1-19-10-4-6-14(19)15(16(20)21-2)11(8-10)9-3-5-12(17)13(18)7-9/h3,5,7,10-11,14-15H,4,6,8H2,1-2H3/t10?,11-,14?,15?/m1/s1. The van der Waals surface area contributed by atoms with Crippen LogP contribution in [0.4, 0.5) is 0 Å². The number of methoxy groups -OCH3 is 1. The molecule has 2 fully saturated rings. The van der Waals surface area contributed by atoms with Crippen molar-refractivity contribution in [2.75, 3.05) is 14.2 Å². The predicted molar refractivity (Wildman–Crippen MR) is 83.9 cm³/mol. The smallest absolute Gasteiger partial charge is 0.310 e. The Hall–Kier alpha value is -0.770. The van der Waals surface area contributed by atoms with Crippen LogP contribution in [0.25, 0.3) is 0 Å². The first-order chi connectivity index (χ1) is 10.0. The molecule has 2 aliphatic rings. The maximum Gasteiger partial charge on any atom is 0.310 e. The molecule has 114 valence electrons. The van der Waals surface area contributed by atoms with Crippen molar-refractivity contribution in [2.24, 2.45) is 5.92 Å². The quantitative estimate of drug-likeness (QED) is 0.775. The van der Waals surface area contributed by atoms with Gasteiger partial charge in [0.15, 0.2) is 0 Å². The number of hydrogen-bond acceptors (Lipinski definition) is 3. The molecule has 21 heavy (non-hydrogen) atoms. The second-order valence-corrected chi connectivity index (χ2v) is 6.84. The number of benzene rings is 1. The maximum atomic E-state index is 12.3. The molecule has 0 spiro atoms. The molecule has 2 saturated heterocycles. The second kappa shape index (κ2) is 5.79. The highest BCUT2D eigenvalue weighted by molar-refractivity contribution is 6.42. The minimum atomic E-state index is -0.129. The predicted octanol–water partition coefficient (Wildman–Crippen LogP) is 3.73. The summed E-state index contributed by atoms with van der Waals surface area (Å²) in [6, 6.07) is 6.49. The zero-order valence-electron chi connectivity index (χ0n) is 12.2. The van der Waals surface area contributed by atoms with E-state index >= 15 is 0 Å². The van der Waals surface area contributed by atoms with E-state index in [1.165, 1.54) is 7.11 Å². The van der Waals surface area contributed by atoms with E-state index in [9.17, 15) is 4.79 Å². The van der Waals surface area contributed by atoms with Crippen LogP contribution in [-0.2, 0) is 9.53 Å². The van der Waals surface area contributed by atoms with Crippen LogP contribution in [0.5, 0.6) is 0 Å². The third-order valence-electron chi connectivity index (χ3n) is 5.11. The average molecular weight is 328 g/mol. The summed E-state index contributed by atoms with van der Waals surface area (Å²) in [5.41, 5.74) is 1.09. The minimum absolute atomic E-state index is 0.122. The highest BCUT2D eigenvalue weighted by Gasteiger charge is 2.49. The molecule has 0 radical (unpaired) electrons. The lowest BCUT2D eigenvalue weighted by atomic mass is 9.76. The van der Waals surface area contributed by atoms with Gasteiger partial charge < -0.3 is 4.74 Å². The highest BCUT2D eigenvalue weighted by atomic mass is 35.5. The minimum Gasteiger partial charge on any atom is -0.469 e. The number of esters is 1. The molecule has 0 N–H and O–H groups in total. The van der Waals surface area contributed by atoms with Gasteiger partial charge in [0.05, 0.1) is 23.1 Å². The summed E-state index contributed by atoms with van der Waals surface area (Å²) in [5.74, 6) is -0.0971. The molecule has 2 bridgehead atoms. The number of rotatable bonds is 2. The molecular weight excluding hydrogens is 309 g/mol. The average Bonchev–Trinajstić information content (AvgIpc) is 2.72. The van der Waals surface area contributed by atoms with Gasteiger partial charge in [-0.1, -0.05) is 29.3 Å². The summed E-state index contributed by atoms with van der Waals surface area (Å²) in [4.78, 5) is 14.7. The van der Waals surface area contributed by atoms with Gasteiger partial charge >= 0.3 is 5.97 Å². The van der Waals surface area contributed by atoms with Crippen molar-refractivity contribution in [1.29, 1.82) is 0 Å².